The Kier molecular flexibility index (Phi) is 4.79. The summed E-state index contributed by atoms with van der Waals surface area (Å²) in [5.41, 5.74) is 2.84. The first-order valence-corrected chi connectivity index (χ1v) is 6.97. The lowest BCUT2D eigenvalue weighted by atomic mass is 10.2. The molecule has 1 N–H and O–H groups in total. The number of amides is 1. The van der Waals surface area contributed by atoms with Gasteiger partial charge in [-0.25, -0.2) is 4.79 Å². The molecular formula is C15H14INO2. The lowest BCUT2D eigenvalue weighted by molar-refractivity contribution is 0.155. The third-order valence-corrected chi connectivity index (χ3v) is 3.51. The van der Waals surface area contributed by atoms with Crippen molar-refractivity contribution < 1.29 is 9.53 Å². The summed E-state index contributed by atoms with van der Waals surface area (Å²) in [6.07, 6.45) is -0.438. The first-order valence-electron chi connectivity index (χ1n) is 5.89. The van der Waals surface area contributed by atoms with Crippen molar-refractivity contribution in [3.05, 3.63) is 63.2 Å². The van der Waals surface area contributed by atoms with Gasteiger partial charge in [-0.3, -0.25) is 5.32 Å². The van der Waals surface area contributed by atoms with E-state index >= 15 is 0 Å². The van der Waals surface area contributed by atoms with Gasteiger partial charge in [0.15, 0.2) is 0 Å². The number of hydrogen-bond donors (Lipinski definition) is 1. The van der Waals surface area contributed by atoms with E-state index in [0.29, 0.717) is 0 Å². The average molecular weight is 367 g/mol. The minimum Gasteiger partial charge on any atom is -0.444 e. The highest BCUT2D eigenvalue weighted by Crippen LogP contribution is 2.19. The van der Waals surface area contributed by atoms with Gasteiger partial charge in [0.05, 0.1) is 5.69 Å². The Morgan fingerprint density at radius 1 is 1.21 bits per heavy atom. The maximum absolute atomic E-state index is 11.7. The number of hydrogen-bond acceptors (Lipinski definition) is 2. The molecule has 0 atom stereocenters. The molecular weight excluding hydrogens is 353 g/mol. The summed E-state index contributed by atoms with van der Waals surface area (Å²) in [7, 11) is 0. The zero-order chi connectivity index (χ0) is 13.7. The minimum absolute atomic E-state index is 0.273. The van der Waals surface area contributed by atoms with E-state index in [0.717, 1.165) is 20.4 Å². The standard InChI is InChI=1S/C15H14INO2/c1-11-7-8-13(16)14(9-11)17-15(18)19-10-12-5-3-2-4-6-12/h2-9H,10H2,1H3,(H,17,18). The topological polar surface area (TPSA) is 38.3 Å². The smallest absolute Gasteiger partial charge is 0.411 e. The highest BCUT2D eigenvalue weighted by Gasteiger charge is 2.06. The molecule has 0 fully saturated rings. The van der Waals surface area contributed by atoms with Gasteiger partial charge in [-0.1, -0.05) is 36.4 Å². The quantitative estimate of drug-likeness (QED) is 0.820. The summed E-state index contributed by atoms with van der Waals surface area (Å²) in [5.74, 6) is 0. The van der Waals surface area contributed by atoms with Gasteiger partial charge in [0.25, 0.3) is 0 Å². The molecule has 0 saturated carbocycles. The second-order valence-corrected chi connectivity index (χ2v) is 5.33. The number of nitrogens with one attached hydrogen (secondary N) is 1. The summed E-state index contributed by atoms with van der Waals surface area (Å²) < 4.78 is 6.16. The zero-order valence-corrected chi connectivity index (χ0v) is 12.7. The van der Waals surface area contributed by atoms with Crippen LogP contribution in [0.1, 0.15) is 11.1 Å². The first-order chi connectivity index (χ1) is 9.15. The van der Waals surface area contributed by atoms with E-state index in [1.807, 2.05) is 55.5 Å². The van der Waals surface area contributed by atoms with Crippen LogP contribution in [0, 0.1) is 10.5 Å². The van der Waals surface area contributed by atoms with Crippen LogP contribution in [0.2, 0.25) is 0 Å². The summed E-state index contributed by atoms with van der Waals surface area (Å²) in [4.78, 5) is 11.7. The maximum Gasteiger partial charge on any atom is 0.411 e. The molecule has 0 radical (unpaired) electrons. The fourth-order valence-corrected chi connectivity index (χ4v) is 2.07. The number of aryl methyl sites for hydroxylation is 1. The van der Waals surface area contributed by atoms with Crippen molar-refractivity contribution in [2.24, 2.45) is 0 Å². The zero-order valence-electron chi connectivity index (χ0n) is 10.5. The molecule has 0 spiro atoms. The van der Waals surface area contributed by atoms with Crippen LogP contribution >= 0.6 is 22.6 Å². The normalized spacial score (nSPS) is 10.0. The highest BCUT2D eigenvalue weighted by atomic mass is 127. The second-order valence-electron chi connectivity index (χ2n) is 4.17. The van der Waals surface area contributed by atoms with E-state index in [4.69, 9.17) is 4.74 Å². The number of ether oxygens (including phenoxy) is 1. The number of carbonyl (C=O) groups is 1. The van der Waals surface area contributed by atoms with Gasteiger partial charge >= 0.3 is 6.09 Å². The van der Waals surface area contributed by atoms with Crippen molar-refractivity contribution in [3.8, 4) is 0 Å². The Balaban J connectivity index is 1.93. The van der Waals surface area contributed by atoms with Crippen LogP contribution < -0.4 is 5.32 Å². The predicted octanol–water partition coefficient (Wildman–Crippen LogP) is 4.35. The molecule has 0 aliphatic carbocycles. The first kappa shape index (κ1) is 13.9. The number of carbonyl (C=O) groups excluding carboxylic acids is 1. The summed E-state index contributed by atoms with van der Waals surface area (Å²) >= 11 is 2.18. The molecule has 2 aromatic rings. The Morgan fingerprint density at radius 2 is 1.95 bits per heavy atom. The van der Waals surface area contributed by atoms with Gasteiger partial charge in [-0.05, 0) is 52.8 Å². The van der Waals surface area contributed by atoms with Gasteiger partial charge in [-0.2, -0.15) is 0 Å². The monoisotopic (exact) mass is 367 g/mol. The molecule has 0 saturated heterocycles. The third-order valence-electron chi connectivity index (χ3n) is 2.57. The van der Waals surface area contributed by atoms with E-state index in [2.05, 4.69) is 27.9 Å². The van der Waals surface area contributed by atoms with Crippen LogP contribution in [0.5, 0.6) is 0 Å². The number of anilines is 1. The van der Waals surface area contributed by atoms with Gasteiger partial charge in [0, 0.05) is 3.57 Å². The van der Waals surface area contributed by atoms with Crippen LogP contribution in [0.15, 0.2) is 48.5 Å². The fourth-order valence-electron chi connectivity index (χ4n) is 1.60. The van der Waals surface area contributed by atoms with Crippen LogP contribution in [0.3, 0.4) is 0 Å². The SMILES string of the molecule is Cc1ccc(I)c(NC(=O)OCc2ccccc2)c1. The van der Waals surface area contributed by atoms with E-state index in [1.54, 1.807) is 0 Å². The lowest BCUT2D eigenvalue weighted by Crippen LogP contribution is -2.14. The van der Waals surface area contributed by atoms with Crippen molar-refractivity contribution in [3.63, 3.8) is 0 Å². The summed E-state index contributed by atoms with van der Waals surface area (Å²) in [6, 6.07) is 15.5. The summed E-state index contributed by atoms with van der Waals surface area (Å²) in [6.45, 7) is 2.26. The molecule has 2 rings (SSSR count). The van der Waals surface area contributed by atoms with E-state index in [9.17, 15) is 4.79 Å². The Labute approximate surface area is 126 Å². The highest BCUT2D eigenvalue weighted by molar-refractivity contribution is 14.1. The molecule has 98 valence electrons. The van der Waals surface area contributed by atoms with Crippen LogP contribution in [0.4, 0.5) is 10.5 Å². The largest absolute Gasteiger partial charge is 0.444 e. The number of halogens is 1. The van der Waals surface area contributed by atoms with Gasteiger partial charge in [0.1, 0.15) is 6.61 Å². The van der Waals surface area contributed by atoms with Gasteiger partial charge in [0.2, 0.25) is 0 Å². The number of rotatable bonds is 3. The van der Waals surface area contributed by atoms with Crippen molar-refractivity contribution in [1.82, 2.24) is 0 Å². The van der Waals surface area contributed by atoms with Crippen molar-refractivity contribution >= 4 is 34.4 Å². The molecule has 0 aliphatic rings. The molecule has 19 heavy (non-hydrogen) atoms. The maximum atomic E-state index is 11.7. The van der Waals surface area contributed by atoms with Gasteiger partial charge in [-0.15, -0.1) is 0 Å². The minimum atomic E-state index is -0.438. The lowest BCUT2D eigenvalue weighted by Gasteiger charge is -2.09. The molecule has 0 heterocycles. The van der Waals surface area contributed by atoms with Crippen molar-refractivity contribution in [1.29, 1.82) is 0 Å². The molecule has 2 aromatic carbocycles. The van der Waals surface area contributed by atoms with Crippen molar-refractivity contribution in [2.45, 2.75) is 13.5 Å². The van der Waals surface area contributed by atoms with Crippen LogP contribution in [-0.2, 0) is 11.3 Å². The van der Waals surface area contributed by atoms with Gasteiger partial charge < -0.3 is 4.74 Å². The third kappa shape index (κ3) is 4.24. The average Bonchev–Trinajstić information content (AvgIpc) is 2.42. The molecule has 1 amide bonds. The Hall–Kier alpha value is -1.56. The number of benzene rings is 2. The molecule has 0 aromatic heterocycles. The van der Waals surface area contributed by atoms with E-state index in [1.165, 1.54) is 0 Å². The molecule has 3 nitrogen and oxygen atoms in total. The predicted molar refractivity (Wildman–Crippen MR) is 84.1 cm³/mol. The Morgan fingerprint density at radius 3 is 2.68 bits per heavy atom. The van der Waals surface area contributed by atoms with E-state index < -0.39 is 6.09 Å². The molecule has 0 unspecified atom stereocenters. The fraction of sp³-hybridized carbons (Fsp3) is 0.133. The second kappa shape index (κ2) is 6.56. The van der Waals surface area contributed by atoms with Crippen LogP contribution in [0.25, 0.3) is 0 Å². The van der Waals surface area contributed by atoms with Crippen molar-refractivity contribution in [2.75, 3.05) is 5.32 Å². The van der Waals surface area contributed by atoms with E-state index in [-0.39, 0.29) is 6.61 Å². The van der Waals surface area contributed by atoms with Crippen LogP contribution in [-0.4, -0.2) is 6.09 Å². The molecule has 0 aliphatic heterocycles. The Bertz CT molecular complexity index is 570. The summed E-state index contributed by atoms with van der Waals surface area (Å²) in [5, 5.41) is 2.75. The molecule has 0 bridgehead atoms. The molecule has 4 heteroatoms.